The molecule has 0 aromatic heterocycles. The molecule has 4 aromatic carbocycles. The Morgan fingerprint density at radius 1 is 0.597 bits per heavy atom. The second-order valence-electron chi connectivity index (χ2n) is 18.4. The van der Waals surface area contributed by atoms with Crippen molar-refractivity contribution in [2.75, 3.05) is 13.2 Å². The van der Waals surface area contributed by atoms with E-state index in [1.54, 1.807) is 48.5 Å². The van der Waals surface area contributed by atoms with Crippen LogP contribution in [0, 0.1) is 13.8 Å². The molecule has 0 unspecified atom stereocenters. The summed E-state index contributed by atoms with van der Waals surface area (Å²) in [5.74, 6) is -1.36. The summed E-state index contributed by atoms with van der Waals surface area (Å²) in [5, 5.41) is 0. The van der Waals surface area contributed by atoms with Gasteiger partial charge in [0.1, 0.15) is 11.5 Å². The number of ether oxygens (including phenoxy) is 4. The summed E-state index contributed by atoms with van der Waals surface area (Å²) in [5.41, 5.74) is 3.31. The Morgan fingerprint density at radius 3 is 1.19 bits per heavy atom. The number of nitrogens with zero attached hydrogens (tertiary/aromatic N) is 2. The number of carbonyl (C=O) groups is 2. The molecule has 62 heavy (non-hydrogen) atoms. The zero-order chi connectivity index (χ0) is 45.7. The maximum absolute atomic E-state index is 14.7. The van der Waals surface area contributed by atoms with Crippen LogP contribution < -0.4 is 9.47 Å². The summed E-state index contributed by atoms with van der Waals surface area (Å²) < 4.78 is 86.7. The van der Waals surface area contributed by atoms with Crippen LogP contribution in [0.3, 0.4) is 0 Å². The van der Waals surface area contributed by atoms with Gasteiger partial charge in [0.2, 0.25) is 20.0 Å². The molecular weight excluding hydrogens is 829 g/mol. The van der Waals surface area contributed by atoms with Crippen molar-refractivity contribution in [3.05, 3.63) is 106 Å². The lowest BCUT2D eigenvalue weighted by Gasteiger charge is -2.32. The van der Waals surface area contributed by atoms with Crippen LogP contribution in [-0.2, 0) is 49.9 Å². The normalized spacial score (nSPS) is 20.4. The van der Waals surface area contributed by atoms with Crippen LogP contribution in [0.25, 0.3) is 11.1 Å². The summed E-state index contributed by atoms with van der Waals surface area (Å²) >= 11 is 0. The molecule has 0 N–H and O–H groups in total. The van der Waals surface area contributed by atoms with Gasteiger partial charge in [0.05, 0.1) is 35.1 Å². The van der Waals surface area contributed by atoms with E-state index in [9.17, 15) is 26.4 Å². The van der Waals surface area contributed by atoms with Gasteiger partial charge < -0.3 is 18.9 Å². The number of aryl methyl sites for hydroxylation is 2. The Bertz CT molecular complexity index is 2380. The highest BCUT2D eigenvalue weighted by atomic mass is 32.2. The van der Waals surface area contributed by atoms with Crippen molar-refractivity contribution in [1.82, 2.24) is 8.61 Å². The molecule has 2 aliphatic rings. The first-order valence-electron chi connectivity index (χ1n) is 21.1. The molecule has 0 saturated carbocycles. The molecule has 2 fully saturated rings. The molecule has 0 aliphatic carbocycles. The van der Waals surface area contributed by atoms with E-state index in [1.807, 2.05) is 93.5 Å². The van der Waals surface area contributed by atoms with E-state index < -0.39 is 67.4 Å². The van der Waals surface area contributed by atoms with Crippen molar-refractivity contribution in [2.45, 2.75) is 141 Å². The monoisotopic (exact) mass is 888 g/mol. The Balaban J connectivity index is 1.71. The van der Waals surface area contributed by atoms with Gasteiger partial charge in [-0.05, 0) is 97.2 Å². The van der Waals surface area contributed by atoms with Gasteiger partial charge in [-0.15, -0.1) is 0 Å². The predicted molar refractivity (Wildman–Crippen MR) is 238 cm³/mol. The third kappa shape index (κ3) is 9.27. The fourth-order valence-corrected chi connectivity index (χ4v) is 11.4. The molecule has 12 nitrogen and oxygen atoms in total. The number of rotatable bonds is 11. The van der Waals surface area contributed by atoms with Gasteiger partial charge in [-0.25, -0.2) is 16.8 Å². The fourth-order valence-electron chi connectivity index (χ4n) is 7.89. The Kier molecular flexibility index (Phi) is 13.4. The van der Waals surface area contributed by atoms with E-state index in [4.69, 9.17) is 18.9 Å². The van der Waals surface area contributed by atoms with Crippen LogP contribution in [0.2, 0.25) is 0 Å². The minimum atomic E-state index is -4.19. The lowest BCUT2D eigenvalue weighted by Crippen LogP contribution is -2.38. The van der Waals surface area contributed by atoms with E-state index in [0.717, 1.165) is 22.3 Å². The molecule has 2 aliphatic heterocycles. The van der Waals surface area contributed by atoms with Crippen LogP contribution in [0.4, 0.5) is 0 Å². The van der Waals surface area contributed by atoms with Crippen molar-refractivity contribution >= 4 is 32.0 Å². The molecule has 0 spiro atoms. The molecule has 0 bridgehead atoms. The number of esters is 2. The molecular formula is C48H60N2O10S2. The first-order chi connectivity index (χ1) is 28.9. The van der Waals surface area contributed by atoms with Gasteiger partial charge in [-0.1, -0.05) is 90.8 Å². The SMILES string of the molecule is CC[C@H]1CO[C@@H](c2cc(C(C)(C)C)cc(-c3cc(C(C)(C)C)cc([C@@H]4OC[C@H](CC)N4S(=O)(=O)c4ccc(C)cc4)c3OC(C)=O)c2OC(C)=O)N1S(=O)(=O)c1ccc(C)cc1. The minimum Gasteiger partial charge on any atom is -0.426 e. The van der Waals surface area contributed by atoms with Gasteiger partial charge in [-0.3, -0.25) is 9.59 Å². The maximum Gasteiger partial charge on any atom is 0.308 e. The zero-order valence-electron chi connectivity index (χ0n) is 37.9. The maximum atomic E-state index is 14.7. The number of hydrogen-bond acceptors (Lipinski definition) is 10. The van der Waals surface area contributed by atoms with Gasteiger partial charge in [-0.2, -0.15) is 8.61 Å². The summed E-state index contributed by atoms with van der Waals surface area (Å²) in [6, 6.07) is 19.4. The van der Waals surface area contributed by atoms with E-state index in [1.165, 1.54) is 22.5 Å². The van der Waals surface area contributed by atoms with Crippen molar-refractivity contribution in [2.24, 2.45) is 0 Å². The molecule has 4 atom stereocenters. The average Bonchev–Trinajstić information content (AvgIpc) is 3.83. The highest BCUT2D eigenvalue weighted by molar-refractivity contribution is 7.89. The molecule has 2 heterocycles. The molecule has 14 heteroatoms. The van der Waals surface area contributed by atoms with Gasteiger partial charge in [0.25, 0.3) is 0 Å². The van der Waals surface area contributed by atoms with Crippen LogP contribution in [0.15, 0.2) is 82.6 Å². The predicted octanol–water partition coefficient (Wildman–Crippen LogP) is 9.41. The largest absolute Gasteiger partial charge is 0.426 e. The van der Waals surface area contributed by atoms with Gasteiger partial charge >= 0.3 is 11.9 Å². The lowest BCUT2D eigenvalue weighted by atomic mass is 9.80. The van der Waals surface area contributed by atoms with Crippen molar-refractivity contribution in [3.63, 3.8) is 0 Å². The Hall–Kier alpha value is -4.44. The zero-order valence-corrected chi connectivity index (χ0v) is 39.5. The number of hydrogen-bond donors (Lipinski definition) is 0. The quantitative estimate of drug-likeness (QED) is 0.105. The van der Waals surface area contributed by atoms with Crippen LogP contribution in [-0.4, -0.2) is 62.7 Å². The molecule has 6 rings (SSSR count). The number of sulfonamides is 2. The van der Waals surface area contributed by atoms with E-state index in [2.05, 4.69) is 0 Å². The minimum absolute atomic E-state index is 0.00433. The van der Waals surface area contributed by atoms with Crippen molar-refractivity contribution in [1.29, 1.82) is 0 Å². The van der Waals surface area contributed by atoms with Crippen molar-refractivity contribution in [3.8, 4) is 22.6 Å². The number of benzene rings is 4. The van der Waals surface area contributed by atoms with E-state index in [0.29, 0.717) is 24.0 Å². The highest BCUT2D eigenvalue weighted by Gasteiger charge is 2.48. The summed E-state index contributed by atoms with van der Waals surface area (Å²) in [7, 11) is -8.37. The molecule has 0 radical (unpaired) electrons. The standard InChI is InChI=1S/C48H60N2O10S2/c1-13-35-27-57-45(49(35)61(53,54)37-19-15-29(3)16-20-37)41-25-33(47(7,8)9)23-39(43(41)59-31(5)51)40-24-34(48(10,11)12)26-42(44(40)60-32(6)52)46-50(36(14-2)28-58-46)62(55,56)38-21-17-30(4)18-22-38/h15-26,35-36,45-46H,13-14,27-28H2,1-12H3/t35-,36-,45-,46-/m0/s1. The summed E-state index contributed by atoms with van der Waals surface area (Å²) in [4.78, 5) is 26.7. The highest BCUT2D eigenvalue weighted by Crippen LogP contribution is 2.52. The third-order valence-electron chi connectivity index (χ3n) is 11.5. The number of carbonyl (C=O) groups excluding carboxylic acids is 2. The van der Waals surface area contributed by atoms with Crippen LogP contribution in [0.5, 0.6) is 11.5 Å². The lowest BCUT2D eigenvalue weighted by molar-refractivity contribution is -0.133. The first kappa shape index (κ1) is 47.0. The smallest absolute Gasteiger partial charge is 0.308 e. The van der Waals surface area contributed by atoms with Crippen molar-refractivity contribution < 1.29 is 45.4 Å². The Labute approximate surface area is 367 Å². The van der Waals surface area contributed by atoms with Crippen LogP contribution >= 0.6 is 0 Å². The third-order valence-corrected chi connectivity index (χ3v) is 15.3. The van der Waals surface area contributed by atoms with Crippen LogP contribution in [0.1, 0.15) is 128 Å². The fraction of sp³-hybridized carbons (Fsp3) is 0.458. The topological polar surface area (TPSA) is 146 Å². The molecule has 334 valence electrons. The van der Waals surface area contributed by atoms with E-state index in [-0.39, 0.29) is 45.6 Å². The average molecular weight is 889 g/mol. The summed E-state index contributed by atoms with van der Waals surface area (Å²) in [6.07, 6.45) is -1.59. The first-order valence-corrected chi connectivity index (χ1v) is 24.0. The molecule has 2 saturated heterocycles. The van der Waals surface area contributed by atoms with E-state index >= 15 is 0 Å². The summed E-state index contributed by atoms with van der Waals surface area (Å²) in [6.45, 7) is 22.2. The van der Waals surface area contributed by atoms with Gasteiger partial charge in [0, 0.05) is 36.1 Å². The van der Waals surface area contributed by atoms with Gasteiger partial charge in [0.15, 0.2) is 12.5 Å². The second kappa shape index (κ2) is 17.6. The molecule has 0 amide bonds. The second-order valence-corrected chi connectivity index (χ2v) is 22.0. The molecule has 4 aromatic rings. The Morgan fingerprint density at radius 2 is 0.919 bits per heavy atom.